The van der Waals surface area contributed by atoms with Gasteiger partial charge >= 0.3 is 0 Å². The van der Waals surface area contributed by atoms with Gasteiger partial charge in [-0.1, -0.05) is 6.92 Å². The molecule has 3 nitrogen and oxygen atoms in total. The highest BCUT2D eigenvalue weighted by Gasteiger charge is 2.10. The lowest BCUT2D eigenvalue weighted by Gasteiger charge is -1.97. The van der Waals surface area contributed by atoms with Crippen LogP contribution in [0, 0.1) is 0 Å². The van der Waals surface area contributed by atoms with E-state index in [2.05, 4.69) is 4.99 Å². The Kier molecular flexibility index (Phi) is 2.42. The average molecular weight is 141 g/mol. The molecule has 0 spiro atoms. The van der Waals surface area contributed by atoms with E-state index < -0.39 is 0 Å². The second kappa shape index (κ2) is 3.34. The van der Waals surface area contributed by atoms with Crippen molar-refractivity contribution in [3.63, 3.8) is 0 Å². The minimum atomic E-state index is 0.195. The van der Waals surface area contributed by atoms with Gasteiger partial charge in [0.05, 0.1) is 13.0 Å². The molecule has 0 bridgehead atoms. The second-order valence-electron chi connectivity index (χ2n) is 2.19. The monoisotopic (exact) mass is 141 g/mol. The van der Waals surface area contributed by atoms with Crippen LogP contribution in [0.5, 0.6) is 0 Å². The lowest BCUT2D eigenvalue weighted by molar-refractivity contribution is -0.117. The largest absolute Gasteiger partial charge is 0.479 e. The van der Waals surface area contributed by atoms with Crippen LogP contribution in [-0.2, 0) is 9.53 Å². The van der Waals surface area contributed by atoms with Gasteiger partial charge < -0.3 is 4.74 Å². The fourth-order valence-corrected chi connectivity index (χ4v) is 0.780. The molecule has 0 amide bonds. The second-order valence-corrected chi connectivity index (χ2v) is 2.19. The number of aliphatic imine (C=N–C) groups is 1. The highest BCUT2D eigenvalue weighted by atomic mass is 16.5. The van der Waals surface area contributed by atoms with Gasteiger partial charge in [0.2, 0.25) is 0 Å². The summed E-state index contributed by atoms with van der Waals surface area (Å²) in [6.45, 7) is 3.20. The molecule has 1 aliphatic heterocycles. The molecular formula is C7H11NO2. The first kappa shape index (κ1) is 7.25. The molecule has 1 heterocycles. The van der Waals surface area contributed by atoms with Gasteiger partial charge in [-0.25, -0.2) is 0 Å². The van der Waals surface area contributed by atoms with Crippen molar-refractivity contribution in [1.29, 1.82) is 0 Å². The summed E-state index contributed by atoms with van der Waals surface area (Å²) in [5.41, 5.74) is 0. The molecule has 0 aromatic heterocycles. The summed E-state index contributed by atoms with van der Waals surface area (Å²) in [6.07, 6.45) is 0.957. The van der Waals surface area contributed by atoms with Crippen LogP contribution in [0.15, 0.2) is 4.99 Å². The van der Waals surface area contributed by atoms with E-state index in [1.807, 2.05) is 6.92 Å². The van der Waals surface area contributed by atoms with E-state index in [0.29, 0.717) is 31.9 Å². The molecule has 10 heavy (non-hydrogen) atoms. The molecule has 0 saturated carbocycles. The summed E-state index contributed by atoms with van der Waals surface area (Å²) in [5.74, 6) is 0.813. The molecule has 0 aromatic rings. The fraction of sp³-hybridized carbons (Fsp3) is 0.714. The van der Waals surface area contributed by atoms with Gasteiger partial charge in [0.1, 0.15) is 12.4 Å². The molecule has 0 unspecified atom stereocenters. The molecule has 0 radical (unpaired) electrons. The Morgan fingerprint density at radius 2 is 2.60 bits per heavy atom. The molecule has 56 valence electrons. The van der Waals surface area contributed by atoms with E-state index in [-0.39, 0.29) is 5.78 Å². The number of carbonyl (C=O) groups excluding carboxylic acids is 1. The minimum Gasteiger partial charge on any atom is -0.479 e. The van der Waals surface area contributed by atoms with Crippen molar-refractivity contribution in [2.24, 2.45) is 4.99 Å². The predicted octanol–water partition coefficient (Wildman–Crippen LogP) is 0.784. The summed E-state index contributed by atoms with van der Waals surface area (Å²) in [5, 5.41) is 0. The van der Waals surface area contributed by atoms with Crippen LogP contribution in [0.1, 0.15) is 19.8 Å². The van der Waals surface area contributed by atoms with Crippen molar-refractivity contribution >= 4 is 11.7 Å². The lowest BCUT2D eigenvalue weighted by atomic mass is 10.2. The van der Waals surface area contributed by atoms with Crippen LogP contribution >= 0.6 is 0 Å². The maximum Gasteiger partial charge on any atom is 0.190 e. The van der Waals surface area contributed by atoms with Gasteiger partial charge in [-0.15, -0.1) is 0 Å². The summed E-state index contributed by atoms with van der Waals surface area (Å²) < 4.78 is 5.05. The van der Waals surface area contributed by atoms with E-state index in [9.17, 15) is 4.79 Å². The van der Waals surface area contributed by atoms with Crippen molar-refractivity contribution in [3.05, 3.63) is 0 Å². The first-order valence-corrected chi connectivity index (χ1v) is 3.50. The van der Waals surface area contributed by atoms with Crippen LogP contribution in [-0.4, -0.2) is 24.8 Å². The fourth-order valence-electron chi connectivity index (χ4n) is 0.780. The van der Waals surface area contributed by atoms with Gasteiger partial charge in [0, 0.05) is 6.42 Å². The standard InChI is InChI=1S/C7H11NO2/c1-2-6(9)5-7-8-3-4-10-7/h2-5H2,1H3. The third kappa shape index (κ3) is 1.83. The van der Waals surface area contributed by atoms with E-state index in [1.165, 1.54) is 0 Å². The maximum absolute atomic E-state index is 10.8. The van der Waals surface area contributed by atoms with Crippen molar-refractivity contribution in [2.75, 3.05) is 13.2 Å². The Labute approximate surface area is 60.1 Å². The molecule has 0 atom stereocenters. The number of rotatable bonds is 3. The van der Waals surface area contributed by atoms with Crippen LogP contribution in [0.4, 0.5) is 0 Å². The molecule has 1 rings (SSSR count). The predicted molar refractivity (Wildman–Crippen MR) is 38.2 cm³/mol. The Bertz CT molecular complexity index is 163. The zero-order chi connectivity index (χ0) is 7.40. The number of ether oxygens (including phenoxy) is 1. The number of nitrogens with zero attached hydrogens (tertiary/aromatic N) is 1. The lowest BCUT2D eigenvalue weighted by Crippen LogP contribution is -2.06. The van der Waals surface area contributed by atoms with Crippen molar-refractivity contribution in [1.82, 2.24) is 0 Å². The minimum absolute atomic E-state index is 0.195. The molecular weight excluding hydrogens is 130 g/mol. The Morgan fingerprint density at radius 3 is 3.10 bits per heavy atom. The van der Waals surface area contributed by atoms with Gasteiger partial charge in [0.15, 0.2) is 5.90 Å². The average Bonchev–Trinajstić information content (AvgIpc) is 2.40. The molecule has 1 aliphatic rings. The number of ketones is 1. The van der Waals surface area contributed by atoms with Crippen LogP contribution in [0.25, 0.3) is 0 Å². The van der Waals surface area contributed by atoms with E-state index >= 15 is 0 Å². The van der Waals surface area contributed by atoms with Crippen LogP contribution < -0.4 is 0 Å². The zero-order valence-electron chi connectivity index (χ0n) is 6.09. The van der Waals surface area contributed by atoms with E-state index in [4.69, 9.17) is 4.74 Å². The normalized spacial score (nSPS) is 16.3. The summed E-state index contributed by atoms with van der Waals surface area (Å²) >= 11 is 0. The molecule has 0 aliphatic carbocycles. The van der Waals surface area contributed by atoms with Crippen LogP contribution in [0.2, 0.25) is 0 Å². The number of Topliss-reactive ketones (excluding diaryl/α,β-unsaturated/α-hetero) is 1. The number of carbonyl (C=O) groups is 1. The highest BCUT2D eigenvalue weighted by molar-refractivity contribution is 5.98. The Hall–Kier alpha value is -0.860. The number of hydrogen-bond acceptors (Lipinski definition) is 3. The van der Waals surface area contributed by atoms with E-state index in [0.717, 1.165) is 0 Å². The van der Waals surface area contributed by atoms with Gasteiger partial charge in [-0.3, -0.25) is 9.79 Å². The first-order chi connectivity index (χ1) is 4.83. The number of hydrogen-bond donors (Lipinski definition) is 0. The topological polar surface area (TPSA) is 38.7 Å². The maximum atomic E-state index is 10.8. The third-order valence-electron chi connectivity index (χ3n) is 1.39. The van der Waals surface area contributed by atoms with Gasteiger partial charge in [-0.2, -0.15) is 0 Å². The SMILES string of the molecule is CCC(=O)CC1=NCCO1. The smallest absolute Gasteiger partial charge is 0.190 e. The summed E-state index contributed by atoms with van der Waals surface area (Å²) in [4.78, 5) is 14.8. The molecule has 0 saturated heterocycles. The van der Waals surface area contributed by atoms with Gasteiger partial charge in [0.25, 0.3) is 0 Å². The Morgan fingerprint density at radius 1 is 1.80 bits per heavy atom. The molecule has 0 fully saturated rings. The highest BCUT2D eigenvalue weighted by Crippen LogP contribution is 2.00. The zero-order valence-corrected chi connectivity index (χ0v) is 6.09. The molecule has 0 aromatic carbocycles. The third-order valence-corrected chi connectivity index (χ3v) is 1.39. The first-order valence-electron chi connectivity index (χ1n) is 3.50. The van der Waals surface area contributed by atoms with Crippen LogP contribution in [0.3, 0.4) is 0 Å². The van der Waals surface area contributed by atoms with Crippen molar-refractivity contribution < 1.29 is 9.53 Å². The molecule has 3 heteroatoms. The van der Waals surface area contributed by atoms with Crippen molar-refractivity contribution in [3.8, 4) is 0 Å². The van der Waals surface area contributed by atoms with Crippen molar-refractivity contribution in [2.45, 2.75) is 19.8 Å². The summed E-state index contributed by atoms with van der Waals surface area (Å²) in [7, 11) is 0. The molecule has 0 N–H and O–H groups in total. The van der Waals surface area contributed by atoms with E-state index in [1.54, 1.807) is 0 Å². The Balaban J connectivity index is 2.30. The van der Waals surface area contributed by atoms with Gasteiger partial charge in [-0.05, 0) is 0 Å². The summed E-state index contributed by atoms with van der Waals surface area (Å²) in [6, 6.07) is 0. The quantitative estimate of drug-likeness (QED) is 0.582.